The van der Waals surface area contributed by atoms with Gasteiger partial charge in [-0.1, -0.05) is 6.92 Å². The Hall–Kier alpha value is 2.50. The number of carboxylic acid groups (broad SMARTS) is 1. The minimum atomic E-state index is -0.639. The molecule has 3 radical (unpaired) electrons. The zero-order chi connectivity index (χ0) is 46.8. The molecule has 3 heterocycles. The number of rotatable bonds is 8. The van der Waals surface area contributed by atoms with E-state index in [2.05, 4.69) is 131 Å². The van der Waals surface area contributed by atoms with Gasteiger partial charge in [0.05, 0.1) is 25.4 Å². The monoisotopic (exact) mass is 956 g/mol. The number of methoxy groups -OCH3 is 1. The molecule has 293 valence electrons. The molecule has 3 saturated heterocycles. The predicted molar refractivity (Wildman–Crippen MR) is 200 cm³/mol. The number of likely N-dealkylation sites (tertiary alicyclic amines) is 3. The summed E-state index contributed by atoms with van der Waals surface area (Å²) in [5.74, 6) is 0.228. The number of aliphatic carboxylic acids is 1. The number of carboxylic acids is 1. The summed E-state index contributed by atoms with van der Waals surface area (Å²) in [7, 11) is 8.14. The van der Waals surface area contributed by atoms with E-state index in [-0.39, 0.29) is 139 Å². The smallest absolute Gasteiger partial charge is 0.329 e. The maximum Gasteiger partial charge on any atom is 0.329 e. The molecule has 1 unspecified atom stereocenters. The van der Waals surface area contributed by atoms with Crippen LogP contribution in [0.5, 0.6) is 0 Å². The quantitative estimate of drug-likeness (QED) is 0.256. The summed E-state index contributed by atoms with van der Waals surface area (Å²) < 4.78 is 72.8. The summed E-state index contributed by atoms with van der Waals surface area (Å²) in [6, 6.07) is 0. The Bertz CT molecular complexity index is 966. The fourth-order valence-corrected chi connectivity index (χ4v) is 8.34. The summed E-state index contributed by atoms with van der Waals surface area (Å²) in [6.45, 7) is 30.0. The number of aliphatic hydroxyl groups is 1. The van der Waals surface area contributed by atoms with Crippen molar-refractivity contribution in [2.75, 3.05) is 48.1 Å². The summed E-state index contributed by atoms with van der Waals surface area (Å²) in [5.41, 5.74) is 1.08. The van der Waals surface area contributed by atoms with Gasteiger partial charge in [0.2, 0.25) is 0 Å². The van der Waals surface area contributed by atoms with Crippen molar-refractivity contribution in [2.24, 2.45) is 5.92 Å². The molecule has 0 spiro atoms. The number of hydrogen-bond acceptors (Lipinski definition) is 9. The van der Waals surface area contributed by atoms with Gasteiger partial charge in [0.15, 0.2) is 0 Å². The van der Waals surface area contributed by atoms with Crippen molar-refractivity contribution in [3.05, 3.63) is 0 Å². The van der Waals surface area contributed by atoms with E-state index in [1.165, 1.54) is 12.8 Å². The molecule has 49 heavy (non-hydrogen) atoms. The summed E-state index contributed by atoms with van der Waals surface area (Å²) in [5, 5.41) is 13.5. The fraction of sp³-hybridized carbons (Fsp3) is 0.973. The molecule has 3 fully saturated rings. The molecule has 9 nitrogen and oxygen atoms in total. The van der Waals surface area contributed by atoms with Crippen LogP contribution in [0.15, 0.2) is 0 Å². The Morgan fingerprint density at radius 1 is 0.694 bits per heavy atom. The molecule has 0 aromatic heterocycles. The third-order valence-electron chi connectivity index (χ3n) is 11.4. The Balaban J connectivity index is -0.000000101. The van der Waals surface area contributed by atoms with Crippen LogP contribution in [0.4, 0.5) is 0 Å². The van der Waals surface area contributed by atoms with E-state index >= 15 is 0 Å². The van der Waals surface area contributed by atoms with Crippen molar-refractivity contribution in [2.45, 2.75) is 180 Å². The molecule has 0 aromatic carbocycles. The summed E-state index contributed by atoms with van der Waals surface area (Å²) in [6.07, 6.45) is 6.10. The van der Waals surface area contributed by atoms with Gasteiger partial charge in [-0.3, -0.25) is 14.7 Å². The number of piperidine rings is 3. The van der Waals surface area contributed by atoms with Gasteiger partial charge < -0.3 is 24.4 Å². The topological polar surface area (TPSA) is 94.9 Å². The van der Waals surface area contributed by atoms with Crippen molar-refractivity contribution in [1.82, 2.24) is 14.7 Å². The first-order valence-corrected chi connectivity index (χ1v) is 17.4. The molecule has 3 aliphatic rings. The molecule has 1 atom stereocenters. The fourth-order valence-electron chi connectivity index (χ4n) is 8.34. The van der Waals surface area contributed by atoms with Gasteiger partial charge in [-0.05, 0) is 149 Å². The largest absolute Gasteiger partial charge is 0.480 e. The first-order chi connectivity index (χ1) is 26.1. The number of nitrogens with zero attached hydrogens (tertiary/aromatic N) is 3. The zero-order valence-corrected chi connectivity index (χ0v) is 43.3. The van der Waals surface area contributed by atoms with Crippen LogP contribution in [0.25, 0.3) is 1.43 Å². The maximum absolute atomic E-state index is 10.9. The van der Waals surface area contributed by atoms with E-state index in [0.29, 0.717) is 24.3 Å². The van der Waals surface area contributed by atoms with Gasteiger partial charge in [-0.25, -0.2) is 4.79 Å². The molecule has 0 aromatic rings. The molecule has 3 rings (SSSR count). The molecule has 2 N–H and O–H groups in total. The van der Waals surface area contributed by atoms with Gasteiger partial charge in [0.1, 0.15) is 12.7 Å². The van der Waals surface area contributed by atoms with Crippen molar-refractivity contribution >= 4 is 5.97 Å². The van der Waals surface area contributed by atoms with Crippen LogP contribution >= 0.6 is 0 Å². The normalized spacial score (nSPS) is 26.4. The van der Waals surface area contributed by atoms with E-state index in [1.54, 1.807) is 7.11 Å². The molecule has 0 aliphatic carbocycles. The van der Waals surface area contributed by atoms with Crippen LogP contribution < -0.4 is 0 Å². The van der Waals surface area contributed by atoms with E-state index in [1.807, 2.05) is 0 Å². The maximum atomic E-state index is 10.9. The molecule has 0 bridgehead atoms. The van der Waals surface area contributed by atoms with E-state index in [9.17, 15) is 9.90 Å². The van der Waals surface area contributed by atoms with Crippen LogP contribution in [-0.2, 0) is 117 Å². The Morgan fingerprint density at radius 2 is 1.00 bits per heavy atom. The molecular formula is C37H85N3O6Y3. The van der Waals surface area contributed by atoms with Crippen molar-refractivity contribution in [1.29, 1.82) is 1.43 Å². The molecule has 12 heteroatoms. The predicted octanol–water partition coefficient (Wildman–Crippen LogP) is 7.53. The zero-order valence-electron chi connectivity index (χ0n) is 45.7. The van der Waals surface area contributed by atoms with Gasteiger partial charge in [0.25, 0.3) is 1.43 Å². The second-order valence-corrected chi connectivity index (χ2v) is 18.3. The number of carbonyl (C=O) groups is 1. The first-order valence-electron chi connectivity index (χ1n) is 22.8. The number of hydrogen-bond donors (Lipinski definition) is 2. The molecule has 0 amide bonds. The first kappa shape index (κ1) is 44.2. The minimum Gasteiger partial charge on any atom is -0.480 e. The Labute approximate surface area is 394 Å². The summed E-state index contributed by atoms with van der Waals surface area (Å²) in [4.78, 5) is 18.2. The summed E-state index contributed by atoms with van der Waals surface area (Å²) >= 11 is 0. The third kappa shape index (κ3) is 17.9. The van der Waals surface area contributed by atoms with Crippen LogP contribution in [0.1, 0.15) is 143 Å². The second kappa shape index (κ2) is 22.3. The Morgan fingerprint density at radius 3 is 1.31 bits per heavy atom. The van der Waals surface area contributed by atoms with Gasteiger partial charge in [-0.2, -0.15) is 0 Å². The van der Waals surface area contributed by atoms with Crippen LogP contribution in [0.2, 0.25) is 0 Å². The SMILES string of the molecule is CC1CC(C)(C)N(C)C(C)(C)C1.COCC(O)COC1CC(C)(C)N(C)C(C)(C)C1.[3H]OC(=O)COC1CC(C)(C)N(C)C(C)(C)C1.[3H][3H].[3H][3H].[3H][3H].[3H][3H].[3H][3H].[Y].[Y].[Y]. The van der Waals surface area contributed by atoms with Gasteiger partial charge >= 0.3 is 5.97 Å². The Kier molecular flexibility index (Phi) is 20.1. The molecule has 3 aliphatic heterocycles. The molecule has 0 saturated carbocycles. The van der Waals surface area contributed by atoms with Crippen molar-refractivity contribution < 1.29 is 142 Å². The number of ether oxygens (including phenoxy) is 3. The van der Waals surface area contributed by atoms with Crippen LogP contribution in [0.3, 0.4) is 0 Å². The minimum absolute atomic E-state index is 0. The molecular weight excluding hydrogens is 849 g/mol. The number of aliphatic hydroxyl groups excluding tert-OH is 1. The standard InChI is InChI=1S/C14H29NO3.C12H23NO3.C11H23N.3Y.5H2/c1-13(2)7-12(8-14(3,4)15(13)5)18-10-11(16)9-17-6;1-11(2)6-9(16-8-10(14)15)7-12(3,4)13(11)5;1-9-7-10(2,3)12(6)11(4,5)8-9;;;;;;;;/h11-12,16H,7-10H2,1-6H3;9H,6-8H2,1-5H3,(H,14,15);9H,7-8H2,1-6H3;;;;5*1H/i;;;;;;5*1+2T/hT. The van der Waals surface area contributed by atoms with Crippen LogP contribution in [0, 0.1) is 5.92 Å². The third-order valence-corrected chi connectivity index (χ3v) is 11.4. The van der Waals surface area contributed by atoms with Gasteiger partial charge in [0, 0.05) is 153 Å². The second-order valence-electron chi connectivity index (χ2n) is 18.3. The average molecular weight is 957 g/mol. The van der Waals surface area contributed by atoms with E-state index in [4.69, 9.17) is 30.5 Å². The van der Waals surface area contributed by atoms with E-state index in [0.717, 1.165) is 31.6 Å². The van der Waals surface area contributed by atoms with Crippen molar-refractivity contribution in [3.8, 4) is 0 Å². The van der Waals surface area contributed by atoms with Crippen LogP contribution in [-0.4, -0.2) is 131 Å². The van der Waals surface area contributed by atoms with E-state index < -0.39 is 12.1 Å². The van der Waals surface area contributed by atoms with Gasteiger partial charge in [-0.15, -0.1) is 0 Å². The average Bonchev–Trinajstić information content (AvgIpc) is 3.14. The van der Waals surface area contributed by atoms with Crippen molar-refractivity contribution in [3.63, 3.8) is 0 Å².